The first-order valence-corrected chi connectivity index (χ1v) is 8.93. The third-order valence-corrected chi connectivity index (χ3v) is 4.97. The Kier molecular flexibility index (Phi) is 4.58. The van der Waals surface area contributed by atoms with Gasteiger partial charge < -0.3 is 9.64 Å². The van der Waals surface area contributed by atoms with Crippen LogP contribution in [0.1, 0.15) is 33.7 Å². The number of piperidine rings is 1. The van der Waals surface area contributed by atoms with Gasteiger partial charge in [-0.2, -0.15) is 0 Å². The second kappa shape index (κ2) is 7.19. The summed E-state index contributed by atoms with van der Waals surface area (Å²) >= 11 is 0. The molecule has 7 nitrogen and oxygen atoms in total. The maximum absolute atomic E-state index is 12.5. The molecular formula is C20H19N3O4. The molecule has 1 aromatic carbocycles. The van der Waals surface area contributed by atoms with Gasteiger partial charge in [0.2, 0.25) is 0 Å². The number of carbonyl (C=O) groups excluding carboxylic acids is 3. The number of fused-ring (bicyclic) bond motifs is 1. The van der Waals surface area contributed by atoms with Crippen LogP contribution in [0.3, 0.4) is 0 Å². The summed E-state index contributed by atoms with van der Waals surface area (Å²) < 4.78 is 5.51. The highest BCUT2D eigenvalue weighted by Crippen LogP contribution is 2.27. The van der Waals surface area contributed by atoms with Gasteiger partial charge in [-0.3, -0.25) is 24.3 Å². The van der Waals surface area contributed by atoms with Gasteiger partial charge in [0.15, 0.2) is 6.61 Å². The van der Waals surface area contributed by atoms with Crippen molar-refractivity contribution in [3.63, 3.8) is 0 Å². The topological polar surface area (TPSA) is 79.8 Å². The Bertz CT molecular complexity index is 841. The summed E-state index contributed by atoms with van der Waals surface area (Å²) in [5, 5.41) is 0. The highest BCUT2D eigenvalue weighted by atomic mass is 16.5. The summed E-state index contributed by atoms with van der Waals surface area (Å²) in [6.45, 7) is 0.955. The fourth-order valence-electron chi connectivity index (χ4n) is 3.54. The monoisotopic (exact) mass is 365 g/mol. The third kappa shape index (κ3) is 3.28. The molecule has 0 spiro atoms. The maximum atomic E-state index is 12.5. The first-order valence-electron chi connectivity index (χ1n) is 8.93. The first kappa shape index (κ1) is 17.2. The van der Waals surface area contributed by atoms with Gasteiger partial charge >= 0.3 is 0 Å². The van der Waals surface area contributed by atoms with Crippen molar-refractivity contribution in [2.45, 2.75) is 18.9 Å². The Morgan fingerprint density at radius 1 is 1.04 bits per heavy atom. The molecule has 2 aliphatic rings. The van der Waals surface area contributed by atoms with Crippen LogP contribution in [0.4, 0.5) is 0 Å². The zero-order chi connectivity index (χ0) is 18.8. The number of amides is 3. The number of pyridine rings is 1. The summed E-state index contributed by atoms with van der Waals surface area (Å²) in [6.07, 6.45) is 2.63. The lowest BCUT2D eigenvalue weighted by Crippen LogP contribution is -2.49. The fraction of sp³-hybridized carbons (Fsp3) is 0.300. The lowest BCUT2D eigenvalue weighted by molar-refractivity contribution is -0.134. The number of para-hydroxylation sites is 1. The molecule has 2 aromatic rings. The van der Waals surface area contributed by atoms with Crippen LogP contribution in [-0.2, 0) is 4.79 Å². The van der Waals surface area contributed by atoms with Crippen molar-refractivity contribution in [2.75, 3.05) is 19.7 Å². The molecule has 0 saturated carbocycles. The lowest BCUT2D eigenvalue weighted by Gasteiger charge is -2.35. The van der Waals surface area contributed by atoms with Gasteiger partial charge in [0.1, 0.15) is 11.4 Å². The van der Waals surface area contributed by atoms with Crippen LogP contribution in [0, 0.1) is 0 Å². The first-order chi connectivity index (χ1) is 13.1. The number of hydrogen-bond donors (Lipinski definition) is 0. The molecule has 2 aliphatic heterocycles. The van der Waals surface area contributed by atoms with Crippen LogP contribution < -0.4 is 4.74 Å². The zero-order valence-corrected chi connectivity index (χ0v) is 14.7. The van der Waals surface area contributed by atoms with Crippen molar-refractivity contribution in [3.8, 4) is 5.75 Å². The van der Waals surface area contributed by atoms with E-state index < -0.39 is 0 Å². The maximum Gasteiger partial charge on any atom is 0.280 e. The van der Waals surface area contributed by atoms with Gasteiger partial charge in [-0.1, -0.05) is 18.2 Å². The van der Waals surface area contributed by atoms with Crippen LogP contribution in [-0.4, -0.2) is 58.2 Å². The quantitative estimate of drug-likeness (QED) is 0.771. The number of aromatic nitrogens is 1. The summed E-state index contributed by atoms with van der Waals surface area (Å²) in [4.78, 5) is 44.5. The molecule has 4 rings (SSSR count). The standard InChI is InChI=1S/C20H19N3O4/c24-17(13-27-15-5-2-1-3-6-15)22-11-8-14(9-12-22)23-19(25)16-7-4-10-21-18(16)20(23)26/h1-7,10,14H,8-9,11-13H2. The Labute approximate surface area is 156 Å². The van der Waals surface area contributed by atoms with E-state index in [1.54, 1.807) is 29.2 Å². The molecule has 7 heteroatoms. The van der Waals surface area contributed by atoms with Crippen LogP contribution in [0.5, 0.6) is 5.75 Å². The minimum absolute atomic E-state index is 0.0222. The third-order valence-electron chi connectivity index (χ3n) is 4.97. The van der Waals surface area contributed by atoms with Crippen molar-refractivity contribution in [1.29, 1.82) is 0 Å². The Morgan fingerprint density at radius 3 is 2.48 bits per heavy atom. The Hall–Kier alpha value is -3.22. The summed E-state index contributed by atoms with van der Waals surface area (Å²) in [7, 11) is 0. The summed E-state index contributed by atoms with van der Waals surface area (Å²) in [5.41, 5.74) is 0.578. The summed E-state index contributed by atoms with van der Waals surface area (Å²) in [6, 6.07) is 12.3. The molecule has 0 radical (unpaired) electrons. The highest BCUT2D eigenvalue weighted by molar-refractivity contribution is 6.20. The Morgan fingerprint density at radius 2 is 1.78 bits per heavy atom. The molecule has 0 bridgehead atoms. The number of imide groups is 1. The van der Waals surface area contributed by atoms with Gasteiger partial charge in [-0.15, -0.1) is 0 Å². The minimum atomic E-state index is -0.340. The van der Waals surface area contributed by atoms with Crippen LogP contribution in [0.2, 0.25) is 0 Å². The normalized spacial score (nSPS) is 17.2. The molecular weight excluding hydrogens is 346 g/mol. The van der Waals surface area contributed by atoms with Crippen molar-refractivity contribution in [3.05, 3.63) is 59.9 Å². The van der Waals surface area contributed by atoms with E-state index in [1.807, 2.05) is 18.2 Å². The van der Waals surface area contributed by atoms with E-state index in [1.165, 1.54) is 11.1 Å². The Balaban J connectivity index is 1.33. The van der Waals surface area contributed by atoms with Gasteiger partial charge in [-0.05, 0) is 37.1 Å². The number of ether oxygens (including phenoxy) is 1. The average Bonchev–Trinajstić information content (AvgIpc) is 2.98. The number of benzene rings is 1. The van der Waals surface area contributed by atoms with E-state index in [4.69, 9.17) is 4.74 Å². The average molecular weight is 365 g/mol. The van der Waals surface area contributed by atoms with Crippen molar-refractivity contribution < 1.29 is 19.1 Å². The molecule has 0 N–H and O–H groups in total. The molecule has 1 aromatic heterocycles. The van der Waals surface area contributed by atoms with Crippen molar-refractivity contribution in [2.24, 2.45) is 0 Å². The van der Waals surface area contributed by atoms with E-state index in [-0.39, 0.29) is 36.1 Å². The van der Waals surface area contributed by atoms with E-state index in [0.29, 0.717) is 37.2 Å². The number of nitrogens with zero attached hydrogens (tertiary/aromatic N) is 3. The van der Waals surface area contributed by atoms with E-state index in [0.717, 1.165) is 0 Å². The molecule has 0 unspecified atom stereocenters. The molecule has 27 heavy (non-hydrogen) atoms. The van der Waals surface area contributed by atoms with E-state index >= 15 is 0 Å². The van der Waals surface area contributed by atoms with Crippen LogP contribution in [0.25, 0.3) is 0 Å². The smallest absolute Gasteiger partial charge is 0.280 e. The van der Waals surface area contributed by atoms with Gasteiger partial charge in [-0.25, -0.2) is 0 Å². The van der Waals surface area contributed by atoms with Gasteiger partial charge in [0, 0.05) is 25.3 Å². The summed E-state index contributed by atoms with van der Waals surface area (Å²) in [5.74, 6) is -0.0753. The van der Waals surface area contributed by atoms with E-state index in [9.17, 15) is 14.4 Å². The number of carbonyl (C=O) groups is 3. The van der Waals surface area contributed by atoms with Crippen LogP contribution >= 0.6 is 0 Å². The molecule has 0 aliphatic carbocycles. The van der Waals surface area contributed by atoms with Gasteiger partial charge in [0.25, 0.3) is 17.7 Å². The second-order valence-corrected chi connectivity index (χ2v) is 6.59. The largest absolute Gasteiger partial charge is 0.484 e. The molecule has 1 fully saturated rings. The molecule has 1 saturated heterocycles. The molecule has 0 atom stereocenters. The predicted molar refractivity (Wildman–Crippen MR) is 96.3 cm³/mol. The molecule has 3 heterocycles. The lowest BCUT2D eigenvalue weighted by atomic mass is 10.0. The SMILES string of the molecule is O=C(COc1ccccc1)N1CCC(N2C(=O)c3cccnc3C2=O)CC1. The van der Waals surface area contributed by atoms with Crippen LogP contribution in [0.15, 0.2) is 48.7 Å². The van der Waals surface area contributed by atoms with Gasteiger partial charge in [0.05, 0.1) is 5.56 Å². The van der Waals surface area contributed by atoms with Crippen molar-refractivity contribution >= 4 is 17.7 Å². The number of rotatable bonds is 4. The number of likely N-dealkylation sites (tertiary alicyclic amines) is 1. The van der Waals surface area contributed by atoms with E-state index in [2.05, 4.69) is 4.98 Å². The second-order valence-electron chi connectivity index (χ2n) is 6.59. The molecule has 3 amide bonds. The fourth-order valence-corrected chi connectivity index (χ4v) is 3.54. The highest BCUT2D eigenvalue weighted by Gasteiger charge is 2.42. The molecule has 138 valence electrons. The predicted octanol–water partition coefficient (Wildman–Crippen LogP) is 1.75. The van der Waals surface area contributed by atoms with Crippen molar-refractivity contribution in [1.82, 2.24) is 14.8 Å². The number of hydrogen-bond acceptors (Lipinski definition) is 5. The zero-order valence-electron chi connectivity index (χ0n) is 14.7. The minimum Gasteiger partial charge on any atom is -0.484 e.